The molecule has 1 aliphatic carbocycles. The fraction of sp³-hybridized carbons (Fsp3) is 0.0556. The van der Waals surface area contributed by atoms with E-state index in [0.29, 0.717) is 0 Å². The lowest BCUT2D eigenvalue weighted by Crippen LogP contribution is -2.21. The molecule has 6 heteroatoms. The number of phenols is 2. The quantitative estimate of drug-likeness (QED) is 0.425. The van der Waals surface area contributed by atoms with Crippen molar-refractivity contribution >= 4 is 23.6 Å². The van der Waals surface area contributed by atoms with Gasteiger partial charge in [-0.2, -0.15) is 0 Å². The molecule has 0 aliphatic heterocycles. The van der Waals surface area contributed by atoms with E-state index in [1.807, 2.05) is 0 Å². The Labute approximate surface area is 136 Å². The van der Waals surface area contributed by atoms with Gasteiger partial charge in [-0.05, 0) is 12.1 Å². The van der Waals surface area contributed by atoms with E-state index < -0.39 is 29.0 Å². The smallest absolute Gasteiger partial charge is 0.330 e. The molecule has 0 atom stereocenters. The summed E-state index contributed by atoms with van der Waals surface area (Å²) in [6, 6.07) is 7.30. The molecule has 0 aromatic heterocycles. The van der Waals surface area contributed by atoms with Crippen LogP contribution < -0.4 is 0 Å². The molecule has 24 heavy (non-hydrogen) atoms. The zero-order valence-corrected chi connectivity index (χ0v) is 12.6. The van der Waals surface area contributed by atoms with Crippen LogP contribution in [-0.2, 0) is 9.53 Å². The van der Waals surface area contributed by atoms with Crippen molar-refractivity contribution in [3.63, 3.8) is 0 Å². The maximum absolute atomic E-state index is 12.6. The van der Waals surface area contributed by atoms with Gasteiger partial charge in [-0.1, -0.05) is 24.3 Å². The predicted octanol–water partition coefficient (Wildman–Crippen LogP) is 2.06. The Morgan fingerprint density at radius 1 is 1.04 bits per heavy atom. The summed E-state index contributed by atoms with van der Waals surface area (Å²) in [7, 11) is 1.19. The highest BCUT2D eigenvalue weighted by Crippen LogP contribution is 2.40. The second-order valence-electron chi connectivity index (χ2n) is 5.14. The normalized spacial score (nSPS) is 12.9. The highest BCUT2D eigenvalue weighted by molar-refractivity contribution is 6.30. The van der Waals surface area contributed by atoms with Crippen molar-refractivity contribution in [3.8, 4) is 11.5 Å². The predicted molar refractivity (Wildman–Crippen MR) is 84.1 cm³/mol. The van der Waals surface area contributed by atoms with Crippen molar-refractivity contribution in [3.05, 3.63) is 64.2 Å². The van der Waals surface area contributed by atoms with Crippen molar-refractivity contribution in [1.82, 2.24) is 0 Å². The lowest BCUT2D eigenvalue weighted by atomic mass is 9.82. The number of esters is 1. The van der Waals surface area contributed by atoms with Gasteiger partial charge in [-0.3, -0.25) is 9.59 Å². The number of hydrogen-bond donors (Lipinski definition) is 2. The number of carbonyl (C=O) groups excluding carboxylic acids is 3. The van der Waals surface area contributed by atoms with Gasteiger partial charge in [-0.25, -0.2) is 4.79 Å². The number of hydrogen-bond acceptors (Lipinski definition) is 6. The van der Waals surface area contributed by atoms with Gasteiger partial charge < -0.3 is 14.9 Å². The molecule has 1 aliphatic rings. The molecule has 0 unspecified atom stereocenters. The standard InChI is InChI=1S/C18H12O6/c1-24-13(20)7-6-9-8-12(19)14-15(16(9)21)18(23)11-5-3-2-4-10(11)17(14)22/h2-8,19,21H,1H3/b7-6+. The molecule has 2 aromatic carbocycles. The summed E-state index contributed by atoms with van der Waals surface area (Å²) in [5.74, 6) is -2.70. The molecule has 0 radical (unpaired) electrons. The fourth-order valence-corrected chi connectivity index (χ4v) is 2.63. The topological polar surface area (TPSA) is 101 Å². The number of ketones is 2. The summed E-state index contributed by atoms with van der Waals surface area (Å²) < 4.78 is 4.45. The Morgan fingerprint density at radius 2 is 1.62 bits per heavy atom. The number of phenolic OH excluding ortho intramolecular Hbond substituents is 2. The summed E-state index contributed by atoms with van der Waals surface area (Å²) in [4.78, 5) is 36.3. The minimum atomic E-state index is -0.667. The van der Waals surface area contributed by atoms with E-state index in [9.17, 15) is 24.6 Å². The van der Waals surface area contributed by atoms with Gasteiger partial charge >= 0.3 is 5.97 Å². The van der Waals surface area contributed by atoms with Crippen molar-refractivity contribution in [1.29, 1.82) is 0 Å². The average Bonchev–Trinajstić information content (AvgIpc) is 2.59. The van der Waals surface area contributed by atoms with Crippen LogP contribution in [0.5, 0.6) is 11.5 Å². The molecule has 0 amide bonds. The van der Waals surface area contributed by atoms with Crippen LogP contribution in [0.1, 0.15) is 37.4 Å². The molecular formula is C18H12O6. The minimum Gasteiger partial charge on any atom is -0.507 e. The first-order valence-electron chi connectivity index (χ1n) is 6.99. The third-order valence-electron chi connectivity index (χ3n) is 3.78. The van der Waals surface area contributed by atoms with Crippen molar-refractivity contribution < 1.29 is 29.3 Å². The average molecular weight is 324 g/mol. The first-order chi connectivity index (χ1) is 11.5. The summed E-state index contributed by atoms with van der Waals surface area (Å²) in [5, 5.41) is 20.5. The van der Waals surface area contributed by atoms with Gasteiger partial charge in [0.25, 0.3) is 0 Å². The third kappa shape index (κ3) is 2.25. The van der Waals surface area contributed by atoms with E-state index in [0.717, 1.165) is 12.1 Å². The maximum Gasteiger partial charge on any atom is 0.330 e. The first-order valence-corrected chi connectivity index (χ1v) is 6.99. The van der Waals surface area contributed by atoms with Crippen LogP contribution in [-0.4, -0.2) is 34.9 Å². The molecule has 120 valence electrons. The van der Waals surface area contributed by atoms with E-state index in [1.54, 1.807) is 12.1 Å². The van der Waals surface area contributed by atoms with E-state index in [2.05, 4.69) is 4.74 Å². The zero-order valence-electron chi connectivity index (χ0n) is 12.6. The molecule has 0 fully saturated rings. The highest BCUT2D eigenvalue weighted by Gasteiger charge is 2.35. The Balaban J connectivity index is 2.22. The number of aromatic hydroxyl groups is 2. The number of carbonyl (C=O) groups is 3. The Morgan fingerprint density at radius 3 is 2.21 bits per heavy atom. The molecule has 0 saturated heterocycles. The van der Waals surface area contributed by atoms with E-state index in [1.165, 1.54) is 25.3 Å². The van der Waals surface area contributed by atoms with E-state index in [-0.39, 0.29) is 27.8 Å². The molecule has 3 rings (SSSR count). The van der Waals surface area contributed by atoms with Crippen molar-refractivity contribution in [2.24, 2.45) is 0 Å². The second-order valence-corrected chi connectivity index (χ2v) is 5.14. The summed E-state index contributed by atoms with van der Waals surface area (Å²) in [6.45, 7) is 0. The minimum absolute atomic E-state index is 0.0252. The summed E-state index contributed by atoms with van der Waals surface area (Å²) in [6.07, 6.45) is 2.23. The summed E-state index contributed by atoms with van der Waals surface area (Å²) >= 11 is 0. The third-order valence-corrected chi connectivity index (χ3v) is 3.78. The molecule has 0 spiro atoms. The van der Waals surface area contributed by atoms with Crippen LogP contribution in [0.4, 0.5) is 0 Å². The molecule has 0 bridgehead atoms. The molecule has 6 nitrogen and oxygen atoms in total. The van der Waals surface area contributed by atoms with Crippen molar-refractivity contribution in [2.75, 3.05) is 7.11 Å². The Hall–Kier alpha value is -3.41. The maximum atomic E-state index is 12.6. The van der Waals surface area contributed by atoms with Crippen LogP contribution in [0.15, 0.2) is 36.4 Å². The van der Waals surface area contributed by atoms with Gasteiger partial charge in [-0.15, -0.1) is 0 Å². The van der Waals surface area contributed by atoms with Crippen LogP contribution in [0, 0.1) is 0 Å². The van der Waals surface area contributed by atoms with E-state index >= 15 is 0 Å². The van der Waals surface area contributed by atoms with Crippen molar-refractivity contribution in [2.45, 2.75) is 0 Å². The largest absolute Gasteiger partial charge is 0.507 e. The van der Waals surface area contributed by atoms with Crippen LogP contribution in [0.25, 0.3) is 6.08 Å². The van der Waals surface area contributed by atoms with Gasteiger partial charge in [0.15, 0.2) is 11.6 Å². The zero-order chi connectivity index (χ0) is 17.4. The molecule has 2 aromatic rings. The van der Waals surface area contributed by atoms with Gasteiger partial charge in [0.1, 0.15) is 11.5 Å². The Kier molecular flexibility index (Phi) is 3.65. The molecular weight excluding hydrogens is 312 g/mol. The monoisotopic (exact) mass is 324 g/mol. The first kappa shape index (κ1) is 15.5. The molecule has 2 N–H and O–H groups in total. The lowest BCUT2D eigenvalue weighted by molar-refractivity contribution is -0.134. The van der Waals surface area contributed by atoms with E-state index in [4.69, 9.17) is 0 Å². The summed E-state index contributed by atoms with van der Waals surface area (Å²) in [5.41, 5.74) is -0.173. The Bertz CT molecular complexity index is 923. The number of ether oxygens (including phenoxy) is 1. The number of methoxy groups -OCH3 is 1. The number of fused-ring (bicyclic) bond motifs is 2. The van der Waals surface area contributed by atoms with Crippen LogP contribution in [0.2, 0.25) is 0 Å². The number of rotatable bonds is 2. The lowest BCUT2D eigenvalue weighted by Gasteiger charge is -2.20. The van der Waals surface area contributed by atoms with Gasteiger partial charge in [0.2, 0.25) is 0 Å². The fourth-order valence-electron chi connectivity index (χ4n) is 2.63. The number of benzene rings is 2. The highest BCUT2D eigenvalue weighted by atomic mass is 16.5. The van der Waals surface area contributed by atoms with Crippen LogP contribution in [0.3, 0.4) is 0 Å². The molecule has 0 heterocycles. The van der Waals surface area contributed by atoms with Gasteiger partial charge in [0, 0.05) is 22.8 Å². The van der Waals surface area contributed by atoms with Crippen LogP contribution >= 0.6 is 0 Å². The second kappa shape index (κ2) is 5.66. The SMILES string of the molecule is COC(=O)/C=C/c1cc(O)c2c(c1O)C(=O)c1ccccc1C2=O. The van der Waals surface area contributed by atoms with Gasteiger partial charge in [0.05, 0.1) is 18.2 Å². The molecule has 0 saturated carbocycles.